The summed E-state index contributed by atoms with van der Waals surface area (Å²) in [6.07, 6.45) is 15.0. The zero-order valence-corrected chi connectivity index (χ0v) is 18.6. The van der Waals surface area contributed by atoms with Crippen LogP contribution < -0.4 is 0 Å². The zero-order valence-electron chi connectivity index (χ0n) is 18.6. The maximum Gasteiger partial charge on any atom is 0.200 e. The Balaban J connectivity index is 1.82. The summed E-state index contributed by atoms with van der Waals surface area (Å²) in [5.74, 6) is -0.685. The van der Waals surface area contributed by atoms with Crippen molar-refractivity contribution < 1.29 is 15.3 Å². The van der Waals surface area contributed by atoms with Crippen LogP contribution in [0.2, 0.25) is 0 Å². The van der Waals surface area contributed by atoms with E-state index in [1.165, 1.54) is 51.4 Å². The van der Waals surface area contributed by atoms with Crippen LogP contribution in [0, 0.1) is 10.8 Å². The zero-order chi connectivity index (χ0) is 20.8. The average Bonchev–Trinajstić information content (AvgIpc) is 3.34. The molecule has 0 bridgehead atoms. The minimum absolute atomic E-state index is 0.116. The molecule has 1 aliphatic rings. The van der Waals surface area contributed by atoms with Crippen molar-refractivity contribution >= 4 is 0 Å². The summed E-state index contributed by atoms with van der Waals surface area (Å²) in [5, 5.41) is 30.3. The Morgan fingerprint density at radius 3 is 2.07 bits per heavy atom. The molecule has 0 saturated heterocycles. The van der Waals surface area contributed by atoms with Gasteiger partial charge in [-0.25, -0.2) is 0 Å². The van der Waals surface area contributed by atoms with Crippen molar-refractivity contribution in [3.05, 3.63) is 17.2 Å². The molecule has 0 atom stereocenters. The first-order valence-electron chi connectivity index (χ1n) is 11.4. The van der Waals surface area contributed by atoms with Crippen molar-refractivity contribution in [2.45, 2.75) is 111 Å². The number of aryl methyl sites for hydroxylation is 1. The van der Waals surface area contributed by atoms with E-state index in [1.54, 1.807) is 6.07 Å². The lowest BCUT2D eigenvalue weighted by molar-refractivity contribution is 0.356. The van der Waals surface area contributed by atoms with Gasteiger partial charge in [-0.3, -0.25) is 0 Å². The third-order valence-electron chi connectivity index (χ3n) is 6.38. The second-order valence-electron chi connectivity index (χ2n) is 10.6. The lowest BCUT2D eigenvalue weighted by atomic mass is 9.89. The van der Waals surface area contributed by atoms with Crippen LogP contribution in [0.25, 0.3) is 0 Å². The Labute approximate surface area is 172 Å². The normalized spacial score (nSPS) is 15.7. The molecule has 160 valence electrons. The highest BCUT2D eigenvalue weighted by atomic mass is 16.3. The van der Waals surface area contributed by atoms with Gasteiger partial charge in [0.15, 0.2) is 11.5 Å². The van der Waals surface area contributed by atoms with Crippen LogP contribution in [0.4, 0.5) is 0 Å². The van der Waals surface area contributed by atoms with Crippen LogP contribution in [0.5, 0.6) is 17.2 Å². The van der Waals surface area contributed by atoms with Gasteiger partial charge in [-0.15, -0.1) is 0 Å². The van der Waals surface area contributed by atoms with E-state index in [9.17, 15) is 15.3 Å². The minimum atomic E-state index is -0.367. The predicted molar refractivity (Wildman–Crippen MR) is 117 cm³/mol. The second kappa shape index (κ2) is 9.89. The Morgan fingerprint density at radius 2 is 1.43 bits per heavy atom. The smallest absolute Gasteiger partial charge is 0.200 e. The maximum atomic E-state index is 10.4. The molecule has 0 radical (unpaired) electrons. The summed E-state index contributed by atoms with van der Waals surface area (Å²) in [6, 6.07) is 1.66. The fraction of sp³-hybridized carbons (Fsp3) is 0.760. The predicted octanol–water partition coefficient (Wildman–Crippen LogP) is 7.25. The van der Waals surface area contributed by atoms with Crippen molar-refractivity contribution in [3.8, 4) is 17.2 Å². The lowest BCUT2D eigenvalue weighted by Crippen LogP contribution is -2.04. The summed E-state index contributed by atoms with van der Waals surface area (Å²) in [4.78, 5) is 0. The van der Waals surface area contributed by atoms with Crippen LogP contribution in [0.3, 0.4) is 0 Å². The summed E-state index contributed by atoms with van der Waals surface area (Å²) >= 11 is 0. The molecule has 28 heavy (non-hydrogen) atoms. The Morgan fingerprint density at radius 1 is 0.821 bits per heavy atom. The minimum Gasteiger partial charge on any atom is -0.504 e. The van der Waals surface area contributed by atoms with E-state index in [2.05, 4.69) is 27.7 Å². The number of rotatable bonds is 12. The van der Waals surface area contributed by atoms with Crippen molar-refractivity contribution in [3.63, 3.8) is 0 Å². The van der Waals surface area contributed by atoms with Gasteiger partial charge in [-0.1, -0.05) is 59.8 Å². The van der Waals surface area contributed by atoms with Crippen molar-refractivity contribution in [2.75, 3.05) is 0 Å². The highest BCUT2D eigenvalue weighted by Gasteiger charge is 2.35. The number of phenols is 3. The molecular formula is C25H42O3. The summed E-state index contributed by atoms with van der Waals surface area (Å²) in [7, 11) is 0. The molecular weight excluding hydrogens is 348 g/mol. The van der Waals surface area contributed by atoms with Crippen LogP contribution in [0.1, 0.15) is 109 Å². The molecule has 2 rings (SSSR count). The number of hydrogen-bond donors (Lipinski definition) is 3. The van der Waals surface area contributed by atoms with Crippen molar-refractivity contribution in [1.29, 1.82) is 0 Å². The van der Waals surface area contributed by atoms with Crippen LogP contribution in [-0.2, 0) is 12.8 Å². The fourth-order valence-corrected chi connectivity index (χ4v) is 4.06. The molecule has 3 nitrogen and oxygen atoms in total. The van der Waals surface area contributed by atoms with E-state index in [1.807, 2.05) is 0 Å². The molecule has 1 aliphatic carbocycles. The molecule has 0 spiro atoms. The first kappa shape index (κ1) is 22.9. The number of unbranched alkanes of at least 4 members (excludes halogenated alkanes) is 5. The molecule has 1 aromatic rings. The Bertz CT molecular complexity index is 624. The molecule has 1 fully saturated rings. The first-order chi connectivity index (χ1) is 13.1. The van der Waals surface area contributed by atoms with Gasteiger partial charge < -0.3 is 15.3 Å². The summed E-state index contributed by atoms with van der Waals surface area (Å²) in [5.41, 5.74) is 2.85. The third-order valence-corrected chi connectivity index (χ3v) is 6.38. The van der Waals surface area contributed by atoms with Gasteiger partial charge in [0.05, 0.1) is 0 Å². The first-order valence-corrected chi connectivity index (χ1v) is 11.4. The van der Waals surface area contributed by atoms with Crippen LogP contribution in [-0.4, -0.2) is 15.3 Å². The quantitative estimate of drug-likeness (QED) is 0.260. The molecule has 0 heterocycles. The van der Waals surface area contributed by atoms with E-state index >= 15 is 0 Å². The van der Waals surface area contributed by atoms with Crippen LogP contribution >= 0.6 is 0 Å². The third kappa shape index (κ3) is 7.56. The van der Waals surface area contributed by atoms with Gasteiger partial charge in [0.1, 0.15) is 0 Å². The Hall–Kier alpha value is -1.38. The largest absolute Gasteiger partial charge is 0.504 e. The summed E-state index contributed by atoms with van der Waals surface area (Å²) < 4.78 is 0. The highest BCUT2D eigenvalue weighted by Crippen LogP contribution is 2.49. The van der Waals surface area contributed by atoms with Gasteiger partial charge in [-0.2, -0.15) is 0 Å². The topological polar surface area (TPSA) is 60.7 Å². The van der Waals surface area contributed by atoms with Gasteiger partial charge in [0, 0.05) is 5.56 Å². The molecule has 1 aromatic carbocycles. The average molecular weight is 391 g/mol. The fourth-order valence-electron chi connectivity index (χ4n) is 4.06. The van der Waals surface area contributed by atoms with Crippen LogP contribution in [0.15, 0.2) is 6.07 Å². The van der Waals surface area contributed by atoms with E-state index in [-0.39, 0.29) is 17.2 Å². The van der Waals surface area contributed by atoms with Gasteiger partial charge >= 0.3 is 0 Å². The second-order valence-corrected chi connectivity index (χ2v) is 10.6. The molecule has 0 aliphatic heterocycles. The molecule has 3 N–H and O–H groups in total. The van der Waals surface area contributed by atoms with E-state index in [0.717, 1.165) is 43.2 Å². The Kier molecular flexibility index (Phi) is 8.09. The maximum absolute atomic E-state index is 10.4. The molecule has 0 amide bonds. The molecule has 3 heteroatoms. The number of hydrogen-bond acceptors (Lipinski definition) is 3. The lowest BCUT2D eigenvalue weighted by Gasteiger charge is -2.17. The van der Waals surface area contributed by atoms with E-state index in [4.69, 9.17) is 0 Å². The van der Waals surface area contributed by atoms with Gasteiger partial charge in [0.25, 0.3) is 0 Å². The molecule has 1 saturated carbocycles. The van der Waals surface area contributed by atoms with E-state index < -0.39 is 0 Å². The summed E-state index contributed by atoms with van der Waals surface area (Å²) in [6.45, 7) is 9.22. The monoisotopic (exact) mass is 390 g/mol. The van der Waals surface area contributed by atoms with E-state index in [0.29, 0.717) is 10.8 Å². The van der Waals surface area contributed by atoms with Crippen molar-refractivity contribution in [1.82, 2.24) is 0 Å². The number of benzene rings is 1. The van der Waals surface area contributed by atoms with Gasteiger partial charge in [0.2, 0.25) is 5.75 Å². The molecule has 0 unspecified atom stereocenters. The van der Waals surface area contributed by atoms with Gasteiger partial charge in [-0.05, 0) is 73.8 Å². The standard InChI is InChI=1S/C25H42O3/c1-24(2,3)14-10-6-5-9-13-20-19(18-21(26)23(28)22(20)27)12-8-7-11-15-25(4)16-17-25/h18,26-28H,5-17H2,1-4H3. The highest BCUT2D eigenvalue weighted by molar-refractivity contribution is 5.57. The van der Waals surface area contributed by atoms with Crippen molar-refractivity contribution in [2.24, 2.45) is 10.8 Å². The number of phenolic OH excluding ortho intramolecular Hbond substituents is 3. The number of aromatic hydroxyl groups is 3. The SMILES string of the molecule is CC(C)(C)CCCCCCc1c(CCCCCC2(C)CC2)cc(O)c(O)c1O. The molecule has 0 aromatic heterocycles.